The summed E-state index contributed by atoms with van der Waals surface area (Å²) in [4.78, 5) is 22.1. The summed E-state index contributed by atoms with van der Waals surface area (Å²) in [6.07, 6.45) is 1.52. The van der Waals surface area contributed by atoms with Gasteiger partial charge in [0.1, 0.15) is 5.69 Å². The van der Waals surface area contributed by atoms with Crippen molar-refractivity contribution in [1.82, 2.24) is 15.0 Å². The number of carboxylic acid groups (broad SMARTS) is 1. The Balaban J connectivity index is 2.57. The zero-order chi connectivity index (χ0) is 12.4. The van der Waals surface area contributed by atoms with Crippen LogP contribution in [0.1, 0.15) is 10.4 Å². The van der Waals surface area contributed by atoms with Gasteiger partial charge in [-0.25, -0.2) is 9.78 Å². The van der Waals surface area contributed by atoms with E-state index in [1.165, 1.54) is 6.20 Å². The van der Waals surface area contributed by atoms with Crippen molar-refractivity contribution in [3.05, 3.63) is 35.1 Å². The van der Waals surface area contributed by atoms with Gasteiger partial charge in [-0.1, -0.05) is 17.7 Å². The van der Waals surface area contributed by atoms with Gasteiger partial charge < -0.3 is 10.2 Å². The standard InChI is InChI=1S/C10H6ClN3O3/c11-7-6(10(16)17)9(15)14-8(13-7)5-3-1-2-4-12-5/h1-4H,(H,16,17)(H,13,14,15). The van der Waals surface area contributed by atoms with Crippen LogP contribution in [0.2, 0.25) is 5.15 Å². The summed E-state index contributed by atoms with van der Waals surface area (Å²) in [5, 5.41) is 17.9. The van der Waals surface area contributed by atoms with Crippen molar-refractivity contribution in [3.8, 4) is 17.4 Å². The van der Waals surface area contributed by atoms with Crippen molar-refractivity contribution in [2.24, 2.45) is 0 Å². The van der Waals surface area contributed by atoms with Crippen LogP contribution < -0.4 is 0 Å². The Kier molecular flexibility index (Phi) is 2.88. The van der Waals surface area contributed by atoms with Crippen molar-refractivity contribution in [2.75, 3.05) is 0 Å². The van der Waals surface area contributed by atoms with Crippen LogP contribution in [-0.2, 0) is 0 Å². The van der Waals surface area contributed by atoms with Crippen LogP contribution in [0.3, 0.4) is 0 Å². The predicted octanol–water partition coefficient (Wildman–Crippen LogP) is 1.60. The highest BCUT2D eigenvalue weighted by Crippen LogP contribution is 2.25. The quantitative estimate of drug-likeness (QED) is 0.787. The molecule has 2 N–H and O–H groups in total. The van der Waals surface area contributed by atoms with Crippen LogP contribution in [0.4, 0.5) is 0 Å². The van der Waals surface area contributed by atoms with E-state index < -0.39 is 17.4 Å². The zero-order valence-electron chi connectivity index (χ0n) is 8.33. The Labute approximate surface area is 101 Å². The highest BCUT2D eigenvalue weighted by molar-refractivity contribution is 6.32. The number of hydrogen-bond acceptors (Lipinski definition) is 5. The van der Waals surface area contributed by atoms with Gasteiger partial charge in [0.15, 0.2) is 16.5 Å². The van der Waals surface area contributed by atoms with Gasteiger partial charge in [-0.15, -0.1) is 0 Å². The molecule has 0 radical (unpaired) electrons. The molecule has 0 saturated carbocycles. The number of halogens is 1. The third-order valence-corrected chi connectivity index (χ3v) is 2.23. The van der Waals surface area contributed by atoms with Crippen LogP contribution in [0.25, 0.3) is 11.5 Å². The highest BCUT2D eigenvalue weighted by Gasteiger charge is 2.19. The molecule has 0 aliphatic rings. The van der Waals surface area contributed by atoms with Crippen molar-refractivity contribution < 1.29 is 15.0 Å². The number of carboxylic acids is 1. The largest absolute Gasteiger partial charge is 0.493 e. The lowest BCUT2D eigenvalue weighted by Gasteiger charge is -2.04. The van der Waals surface area contributed by atoms with Gasteiger partial charge in [0, 0.05) is 6.20 Å². The minimum absolute atomic E-state index is 0.0677. The number of pyridine rings is 1. The topological polar surface area (TPSA) is 96.2 Å². The van der Waals surface area contributed by atoms with Crippen molar-refractivity contribution in [1.29, 1.82) is 0 Å². The second-order valence-electron chi connectivity index (χ2n) is 3.06. The van der Waals surface area contributed by atoms with Gasteiger partial charge in [0.2, 0.25) is 5.88 Å². The molecule has 0 aliphatic carbocycles. The zero-order valence-corrected chi connectivity index (χ0v) is 9.09. The molecule has 0 aliphatic heterocycles. The lowest BCUT2D eigenvalue weighted by molar-refractivity contribution is 0.0692. The van der Waals surface area contributed by atoms with Crippen LogP contribution >= 0.6 is 11.6 Å². The lowest BCUT2D eigenvalue weighted by atomic mass is 10.3. The van der Waals surface area contributed by atoms with E-state index in [0.717, 1.165) is 0 Å². The van der Waals surface area contributed by atoms with E-state index in [-0.39, 0.29) is 11.0 Å². The summed E-state index contributed by atoms with van der Waals surface area (Å²) < 4.78 is 0. The summed E-state index contributed by atoms with van der Waals surface area (Å²) in [5.41, 5.74) is -0.131. The molecule has 0 unspecified atom stereocenters. The first-order valence-corrected chi connectivity index (χ1v) is 4.88. The van der Waals surface area contributed by atoms with E-state index >= 15 is 0 Å². The Bertz CT molecular complexity index is 551. The molecule has 6 nitrogen and oxygen atoms in total. The molecule has 0 saturated heterocycles. The second-order valence-corrected chi connectivity index (χ2v) is 3.41. The van der Waals surface area contributed by atoms with E-state index in [1.54, 1.807) is 18.2 Å². The number of carbonyl (C=O) groups is 1. The van der Waals surface area contributed by atoms with Crippen molar-refractivity contribution in [2.45, 2.75) is 0 Å². The molecule has 0 fully saturated rings. The first-order chi connectivity index (χ1) is 8.09. The Morgan fingerprint density at radius 2 is 2.06 bits per heavy atom. The van der Waals surface area contributed by atoms with E-state index in [4.69, 9.17) is 16.7 Å². The second kappa shape index (κ2) is 4.34. The van der Waals surface area contributed by atoms with Crippen molar-refractivity contribution >= 4 is 17.6 Å². The molecule has 86 valence electrons. The summed E-state index contributed by atoms with van der Waals surface area (Å²) in [7, 11) is 0. The Morgan fingerprint density at radius 3 is 2.59 bits per heavy atom. The van der Waals surface area contributed by atoms with Gasteiger partial charge in [0.25, 0.3) is 0 Å². The monoisotopic (exact) mass is 251 g/mol. The van der Waals surface area contributed by atoms with Crippen LogP contribution in [0.15, 0.2) is 24.4 Å². The molecule has 0 aromatic carbocycles. The Hall–Kier alpha value is -2.21. The van der Waals surface area contributed by atoms with E-state index in [9.17, 15) is 9.90 Å². The summed E-state index contributed by atoms with van der Waals surface area (Å²) in [5.74, 6) is -2.00. The molecule has 0 atom stereocenters. The average Bonchev–Trinajstić information content (AvgIpc) is 2.28. The highest BCUT2D eigenvalue weighted by atomic mass is 35.5. The average molecular weight is 252 g/mol. The number of aromatic carboxylic acids is 1. The van der Waals surface area contributed by atoms with Gasteiger partial charge in [-0.3, -0.25) is 4.98 Å². The minimum atomic E-state index is -1.39. The molecule has 0 bridgehead atoms. The first-order valence-electron chi connectivity index (χ1n) is 4.51. The summed E-state index contributed by atoms with van der Waals surface area (Å²) in [6.45, 7) is 0. The maximum atomic E-state index is 10.8. The number of hydrogen-bond donors (Lipinski definition) is 2. The normalized spacial score (nSPS) is 10.2. The van der Waals surface area contributed by atoms with Gasteiger partial charge in [-0.2, -0.15) is 4.98 Å². The van der Waals surface area contributed by atoms with Crippen LogP contribution in [-0.4, -0.2) is 31.1 Å². The van der Waals surface area contributed by atoms with Crippen LogP contribution in [0, 0.1) is 0 Å². The molecule has 2 rings (SSSR count). The Morgan fingerprint density at radius 1 is 1.29 bits per heavy atom. The predicted molar refractivity (Wildman–Crippen MR) is 58.9 cm³/mol. The van der Waals surface area contributed by atoms with Gasteiger partial charge in [0.05, 0.1) is 0 Å². The van der Waals surface area contributed by atoms with E-state index in [0.29, 0.717) is 5.69 Å². The SMILES string of the molecule is O=C(O)c1c(O)nc(-c2ccccn2)nc1Cl. The maximum Gasteiger partial charge on any atom is 0.344 e. The molecule has 0 amide bonds. The van der Waals surface area contributed by atoms with Gasteiger partial charge in [-0.05, 0) is 12.1 Å². The minimum Gasteiger partial charge on any atom is -0.493 e. The number of rotatable bonds is 2. The molecule has 2 heterocycles. The molecule has 2 aromatic rings. The third kappa shape index (κ3) is 2.16. The third-order valence-electron chi connectivity index (χ3n) is 1.95. The molecule has 17 heavy (non-hydrogen) atoms. The van der Waals surface area contributed by atoms with E-state index in [1.807, 2.05) is 0 Å². The molecule has 2 aromatic heterocycles. The fourth-order valence-corrected chi connectivity index (χ4v) is 1.46. The summed E-state index contributed by atoms with van der Waals surface area (Å²) in [6, 6.07) is 5.03. The molecular formula is C10H6ClN3O3. The lowest BCUT2D eigenvalue weighted by Crippen LogP contribution is -2.03. The number of nitrogens with zero attached hydrogens (tertiary/aromatic N) is 3. The number of aromatic hydroxyl groups is 1. The van der Waals surface area contributed by atoms with Gasteiger partial charge >= 0.3 is 5.97 Å². The molecular weight excluding hydrogens is 246 g/mol. The summed E-state index contributed by atoms with van der Waals surface area (Å²) >= 11 is 5.66. The molecule has 7 heteroatoms. The maximum absolute atomic E-state index is 10.8. The first kappa shape index (κ1) is 11.3. The number of aromatic nitrogens is 3. The molecule has 0 spiro atoms. The van der Waals surface area contributed by atoms with Crippen molar-refractivity contribution in [3.63, 3.8) is 0 Å². The fraction of sp³-hybridized carbons (Fsp3) is 0. The smallest absolute Gasteiger partial charge is 0.344 e. The van der Waals surface area contributed by atoms with Crippen LogP contribution in [0.5, 0.6) is 5.88 Å². The fourth-order valence-electron chi connectivity index (χ4n) is 1.22. The van der Waals surface area contributed by atoms with E-state index in [2.05, 4.69) is 15.0 Å².